The number of alkyl halides is 3. The smallest absolute Gasteiger partial charge is 0.374 e. The number of nitrogens with zero attached hydrogens (tertiary/aromatic N) is 2. The Kier molecular flexibility index (Phi) is 5.75. The Hall–Kier alpha value is -2.35. The number of hydrogen-bond acceptors (Lipinski definition) is 3. The minimum Gasteiger partial charge on any atom is -0.374 e. The van der Waals surface area contributed by atoms with Gasteiger partial charge < -0.3 is 15.0 Å². The number of aryl methyl sites for hydroxylation is 1. The number of nitrogens with one attached hydrogen (secondary N) is 1. The van der Waals surface area contributed by atoms with Crippen molar-refractivity contribution in [1.82, 2.24) is 14.9 Å². The van der Waals surface area contributed by atoms with Gasteiger partial charge in [0.2, 0.25) is 5.60 Å². The fourth-order valence-electron chi connectivity index (χ4n) is 2.62. The SMILES string of the molecule is CC(C)c1ccc(C(=O)NCC[C@](O)(c2nccn2C)C(F)(F)F)cc1. The predicted molar refractivity (Wildman–Crippen MR) is 90.6 cm³/mol. The maximum absolute atomic E-state index is 13.4. The van der Waals surface area contributed by atoms with Crippen LogP contribution in [0.1, 0.15) is 47.9 Å². The van der Waals surface area contributed by atoms with Crippen molar-refractivity contribution in [1.29, 1.82) is 0 Å². The van der Waals surface area contributed by atoms with Gasteiger partial charge in [-0.25, -0.2) is 4.98 Å². The Labute approximate surface area is 149 Å². The summed E-state index contributed by atoms with van der Waals surface area (Å²) in [6.45, 7) is 3.68. The van der Waals surface area contributed by atoms with E-state index in [-0.39, 0.29) is 6.54 Å². The lowest BCUT2D eigenvalue weighted by Crippen LogP contribution is -2.46. The zero-order chi connectivity index (χ0) is 19.5. The van der Waals surface area contributed by atoms with Crippen molar-refractivity contribution in [3.05, 3.63) is 53.6 Å². The molecule has 0 radical (unpaired) electrons. The fourth-order valence-corrected chi connectivity index (χ4v) is 2.62. The van der Waals surface area contributed by atoms with Gasteiger partial charge in [-0.15, -0.1) is 0 Å². The zero-order valence-electron chi connectivity index (χ0n) is 14.8. The molecular formula is C18H22F3N3O2. The molecule has 0 bridgehead atoms. The average Bonchev–Trinajstić information content (AvgIpc) is 3.00. The molecule has 0 aliphatic rings. The molecule has 0 spiro atoms. The first kappa shape index (κ1) is 20.0. The molecule has 0 aliphatic carbocycles. The molecule has 1 aromatic carbocycles. The van der Waals surface area contributed by atoms with Crippen molar-refractivity contribution in [3.63, 3.8) is 0 Å². The van der Waals surface area contributed by atoms with Crippen molar-refractivity contribution in [3.8, 4) is 0 Å². The van der Waals surface area contributed by atoms with Gasteiger partial charge in [0.1, 0.15) is 5.82 Å². The third kappa shape index (κ3) is 4.07. The predicted octanol–water partition coefficient (Wildman–Crippen LogP) is 3.11. The van der Waals surface area contributed by atoms with Crippen LogP contribution in [0.2, 0.25) is 0 Å². The van der Waals surface area contributed by atoms with Crippen LogP contribution >= 0.6 is 0 Å². The summed E-state index contributed by atoms with van der Waals surface area (Å²) in [5.41, 5.74) is -1.73. The van der Waals surface area contributed by atoms with Crippen LogP contribution in [-0.4, -0.2) is 33.3 Å². The van der Waals surface area contributed by atoms with Gasteiger partial charge in [0.15, 0.2) is 0 Å². The van der Waals surface area contributed by atoms with Crippen LogP contribution in [-0.2, 0) is 12.6 Å². The summed E-state index contributed by atoms with van der Waals surface area (Å²) < 4.78 is 41.3. The first-order valence-corrected chi connectivity index (χ1v) is 8.21. The van der Waals surface area contributed by atoms with E-state index in [0.717, 1.165) is 10.1 Å². The second-order valence-electron chi connectivity index (χ2n) is 6.50. The van der Waals surface area contributed by atoms with Crippen LogP contribution in [0.4, 0.5) is 13.2 Å². The van der Waals surface area contributed by atoms with Gasteiger partial charge in [0.05, 0.1) is 0 Å². The molecule has 2 rings (SSSR count). The average molecular weight is 369 g/mol. The molecule has 0 unspecified atom stereocenters. The number of imidazole rings is 1. The Morgan fingerprint density at radius 1 is 1.27 bits per heavy atom. The minimum absolute atomic E-state index is 0.312. The summed E-state index contributed by atoms with van der Waals surface area (Å²) in [5, 5.41) is 12.6. The van der Waals surface area contributed by atoms with Gasteiger partial charge in [-0.1, -0.05) is 26.0 Å². The summed E-state index contributed by atoms with van der Waals surface area (Å²) in [5.74, 6) is -0.697. The van der Waals surface area contributed by atoms with Gasteiger partial charge in [-0.2, -0.15) is 13.2 Å². The normalized spacial score (nSPS) is 14.3. The van der Waals surface area contributed by atoms with E-state index < -0.39 is 29.9 Å². The highest BCUT2D eigenvalue weighted by molar-refractivity contribution is 5.94. The maximum atomic E-state index is 13.4. The molecule has 1 aromatic heterocycles. The number of aliphatic hydroxyl groups is 1. The molecule has 1 heterocycles. The molecule has 1 amide bonds. The number of halogens is 3. The molecule has 1 atom stereocenters. The van der Waals surface area contributed by atoms with Crippen LogP contribution in [0, 0.1) is 0 Å². The molecule has 142 valence electrons. The second kappa shape index (κ2) is 7.49. The molecule has 0 saturated heterocycles. The molecular weight excluding hydrogens is 347 g/mol. The summed E-state index contributed by atoms with van der Waals surface area (Å²) in [6, 6.07) is 6.86. The van der Waals surface area contributed by atoms with Crippen LogP contribution in [0.5, 0.6) is 0 Å². The van der Waals surface area contributed by atoms with Gasteiger partial charge in [0, 0.05) is 38.0 Å². The number of carbonyl (C=O) groups is 1. The van der Waals surface area contributed by atoms with Gasteiger partial charge in [0.25, 0.3) is 5.91 Å². The van der Waals surface area contributed by atoms with E-state index in [9.17, 15) is 23.1 Å². The first-order chi connectivity index (χ1) is 12.1. The summed E-state index contributed by atoms with van der Waals surface area (Å²) in [7, 11) is 1.37. The molecule has 2 N–H and O–H groups in total. The Bertz CT molecular complexity index is 754. The molecule has 0 aliphatic heterocycles. The van der Waals surface area contributed by atoms with Crippen molar-refractivity contribution in [2.75, 3.05) is 6.54 Å². The number of carbonyl (C=O) groups excluding carboxylic acids is 1. The Balaban J connectivity index is 2.06. The number of hydrogen-bond donors (Lipinski definition) is 2. The van der Waals surface area contributed by atoms with E-state index in [1.807, 2.05) is 13.8 Å². The zero-order valence-corrected chi connectivity index (χ0v) is 14.8. The standard InChI is InChI=1S/C18H22F3N3O2/c1-12(2)13-4-6-14(7-5-13)15(25)22-9-8-17(26,18(19,20)21)16-23-10-11-24(16)3/h4-7,10-12,26H,8-9H2,1-3H3,(H,22,25)/t17-/m0/s1. The molecule has 0 fully saturated rings. The largest absolute Gasteiger partial charge is 0.424 e. The number of amides is 1. The highest BCUT2D eigenvalue weighted by Gasteiger charge is 2.57. The van der Waals surface area contributed by atoms with Crippen molar-refractivity contribution in [2.45, 2.75) is 38.0 Å². The van der Waals surface area contributed by atoms with Crippen LogP contribution in [0.15, 0.2) is 36.7 Å². The first-order valence-electron chi connectivity index (χ1n) is 8.21. The summed E-state index contributed by atoms with van der Waals surface area (Å²) in [4.78, 5) is 15.7. The number of aromatic nitrogens is 2. The molecule has 8 heteroatoms. The van der Waals surface area contributed by atoms with Gasteiger partial charge >= 0.3 is 6.18 Å². The monoisotopic (exact) mass is 369 g/mol. The van der Waals surface area contributed by atoms with E-state index in [1.54, 1.807) is 24.3 Å². The summed E-state index contributed by atoms with van der Waals surface area (Å²) >= 11 is 0. The topological polar surface area (TPSA) is 67.2 Å². The maximum Gasteiger partial charge on any atom is 0.424 e. The van der Waals surface area contributed by atoms with E-state index in [2.05, 4.69) is 10.3 Å². The third-order valence-electron chi connectivity index (χ3n) is 4.27. The lowest BCUT2D eigenvalue weighted by atomic mass is 9.97. The quantitative estimate of drug-likeness (QED) is 0.822. The molecule has 0 saturated carbocycles. The van der Waals surface area contributed by atoms with E-state index in [4.69, 9.17) is 0 Å². The molecule has 5 nitrogen and oxygen atoms in total. The lowest BCUT2D eigenvalue weighted by Gasteiger charge is -2.30. The van der Waals surface area contributed by atoms with Gasteiger partial charge in [-0.3, -0.25) is 4.79 Å². The Morgan fingerprint density at radius 3 is 2.35 bits per heavy atom. The Morgan fingerprint density at radius 2 is 1.88 bits per heavy atom. The van der Waals surface area contributed by atoms with Crippen LogP contribution in [0.25, 0.3) is 0 Å². The van der Waals surface area contributed by atoms with Gasteiger partial charge in [-0.05, 0) is 23.6 Å². The highest BCUT2D eigenvalue weighted by Crippen LogP contribution is 2.40. The molecule has 2 aromatic rings. The van der Waals surface area contributed by atoms with Crippen molar-refractivity contribution in [2.24, 2.45) is 7.05 Å². The van der Waals surface area contributed by atoms with Crippen LogP contribution in [0.3, 0.4) is 0 Å². The number of rotatable bonds is 6. The highest BCUT2D eigenvalue weighted by atomic mass is 19.4. The second-order valence-corrected chi connectivity index (χ2v) is 6.50. The lowest BCUT2D eigenvalue weighted by molar-refractivity contribution is -0.272. The molecule has 26 heavy (non-hydrogen) atoms. The van der Waals surface area contributed by atoms with E-state index in [0.29, 0.717) is 11.5 Å². The third-order valence-corrected chi connectivity index (χ3v) is 4.27. The summed E-state index contributed by atoms with van der Waals surface area (Å²) in [6.07, 6.45) is -3.16. The van der Waals surface area contributed by atoms with Crippen molar-refractivity contribution >= 4 is 5.91 Å². The van der Waals surface area contributed by atoms with E-state index in [1.165, 1.54) is 19.4 Å². The van der Waals surface area contributed by atoms with Crippen molar-refractivity contribution < 1.29 is 23.1 Å². The fraction of sp³-hybridized carbons (Fsp3) is 0.444. The van der Waals surface area contributed by atoms with Crippen LogP contribution < -0.4 is 5.32 Å². The van der Waals surface area contributed by atoms with E-state index >= 15 is 0 Å². The number of benzene rings is 1. The minimum atomic E-state index is -4.92.